The predicted molar refractivity (Wildman–Crippen MR) is 130 cm³/mol. The number of amides is 2. The number of benzene rings is 1. The zero-order chi connectivity index (χ0) is 27.0. The van der Waals surface area contributed by atoms with Gasteiger partial charge in [0.05, 0.1) is 11.4 Å². The Bertz CT molecular complexity index is 1130. The lowest BCUT2D eigenvalue weighted by Gasteiger charge is -2.22. The minimum Gasteiger partial charge on any atom is -0.350 e. The van der Waals surface area contributed by atoms with Crippen LogP contribution in [0.2, 0.25) is 0 Å². The molecule has 196 valence electrons. The molecule has 10 nitrogen and oxygen atoms in total. The smallest absolute Gasteiger partial charge is 0.275 e. The summed E-state index contributed by atoms with van der Waals surface area (Å²) in [5.74, 6) is -2.92. The van der Waals surface area contributed by atoms with Crippen LogP contribution in [-0.2, 0) is 18.0 Å². The molecule has 1 aliphatic heterocycles. The summed E-state index contributed by atoms with van der Waals surface area (Å²) < 4.78 is 36.7. The first-order valence-electron chi connectivity index (χ1n) is 11.0. The van der Waals surface area contributed by atoms with Gasteiger partial charge in [-0.3, -0.25) is 14.6 Å². The van der Waals surface area contributed by atoms with Crippen LogP contribution in [0.3, 0.4) is 0 Å². The van der Waals surface area contributed by atoms with Crippen molar-refractivity contribution >= 4 is 17.5 Å². The summed E-state index contributed by atoms with van der Waals surface area (Å²) in [6, 6.07) is 8.38. The fraction of sp³-hybridized carbons (Fsp3) is 0.391. The van der Waals surface area contributed by atoms with Crippen LogP contribution in [0.25, 0.3) is 5.69 Å². The van der Waals surface area contributed by atoms with Crippen molar-refractivity contribution in [3.8, 4) is 5.69 Å². The van der Waals surface area contributed by atoms with Gasteiger partial charge in [-0.15, -0.1) is 0 Å². The van der Waals surface area contributed by atoms with E-state index in [2.05, 4.69) is 20.8 Å². The number of allylic oxidation sites excluding steroid dienone is 1. The summed E-state index contributed by atoms with van der Waals surface area (Å²) >= 11 is 0. The molecule has 0 bridgehead atoms. The molecule has 0 saturated heterocycles. The summed E-state index contributed by atoms with van der Waals surface area (Å²) in [6.07, 6.45) is 1.36. The van der Waals surface area contributed by atoms with Crippen LogP contribution in [0.4, 0.5) is 13.2 Å². The Labute approximate surface area is 207 Å². The lowest BCUT2D eigenvalue weighted by atomic mass is 10.2. The van der Waals surface area contributed by atoms with Crippen LogP contribution in [0.15, 0.2) is 47.3 Å². The molecule has 0 spiro atoms. The van der Waals surface area contributed by atoms with Gasteiger partial charge in [-0.05, 0) is 50.6 Å². The number of carbonyl (C=O) groups excluding carboxylic acids is 2. The van der Waals surface area contributed by atoms with Crippen molar-refractivity contribution in [2.45, 2.75) is 52.5 Å². The molecule has 1 aromatic carbocycles. The van der Waals surface area contributed by atoms with E-state index in [9.17, 15) is 22.8 Å². The number of carbonyl (C=O) groups is 2. The number of halogens is 3. The quantitative estimate of drug-likeness (QED) is 0.422. The Morgan fingerprint density at radius 2 is 1.89 bits per heavy atom. The Balaban J connectivity index is 0.000000830. The summed E-state index contributed by atoms with van der Waals surface area (Å²) in [5, 5.41) is 15.5. The molecular formula is C23H31F3N8O2. The van der Waals surface area contributed by atoms with Crippen molar-refractivity contribution in [3.63, 3.8) is 0 Å². The second-order valence-electron chi connectivity index (χ2n) is 8.41. The van der Waals surface area contributed by atoms with Crippen LogP contribution in [0, 0.1) is 0 Å². The van der Waals surface area contributed by atoms with Gasteiger partial charge in [0.15, 0.2) is 0 Å². The van der Waals surface area contributed by atoms with Gasteiger partial charge in [0, 0.05) is 25.7 Å². The third-order valence-electron chi connectivity index (χ3n) is 4.56. The fourth-order valence-corrected chi connectivity index (χ4v) is 3.00. The number of nitrogens with one attached hydrogen (secondary N) is 2. The van der Waals surface area contributed by atoms with Gasteiger partial charge in [-0.25, -0.2) is 17.9 Å². The number of hydrogen-bond acceptors (Lipinski definition) is 7. The van der Waals surface area contributed by atoms with Crippen LogP contribution in [0.5, 0.6) is 0 Å². The Morgan fingerprint density at radius 1 is 1.22 bits per heavy atom. The van der Waals surface area contributed by atoms with Crippen molar-refractivity contribution in [2.24, 2.45) is 16.6 Å². The van der Waals surface area contributed by atoms with Crippen LogP contribution < -0.4 is 22.1 Å². The van der Waals surface area contributed by atoms with Crippen molar-refractivity contribution in [2.75, 3.05) is 7.05 Å². The molecule has 0 radical (unpaired) electrons. The number of nitrogens with zero attached hydrogens (tertiary/aromatic N) is 4. The molecule has 2 heterocycles. The minimum atomic E-state index is -2.50. The molecule has 2 aromatic rings. The van der Waals surface area contributed by atoms with Gasteiger partial charge in [0.2, 0.25) is 5.92 Å². The van der Waals surface area contributed by atoms with Gasteiger partial charge in [-0.1, -0.05) is 12.1 Å². The standard InChI is InChI=1S/C20H25FN8O2.C3H6F2/c1-12-6-7-17(28(2)26-12)25-19(30)16-9-14(10-21)27-29(16)15-5-3-4-13(8-15)11-24-20(31)18(22)23;1-3(2,4)5/h3-5,7-9,18H,6,10-11,22-23H2,1-2H3,(H,24,31)(H,25,30);1-2H3. The second kappa shape index (κ2) is 12.3. The van der Waals surface area contributed by atoms with E-state index in [0.29, 0.717) is 17.9 Å². The minimum absolute atomic E-state index is 0.123. The SMILES string of the molecule is CC(C)(F)F.CC1=NN(C)C(NC(=O)c2cc(CF)nn2-c2cccc(CNC(=O)C(N)N)c2)=CC1. The molecular weight excluding hydrogens is 477 g/mol. The Hall–Kier alpha value is -3.71. The molecule has 6 N–H and O–H groups in total. The lowest BCUT2D eigenvalue weighted by Crippen LogP contribution is -2.46. The number of alkyl halides is 3. The van der Waals surface area contributed by atoms with E-state index in [-0.39, 0.29) is 17.9 Å². The summed E-state index contributed by atoms with van der Waals surface area (Å²) in [4.78, 5) is 24.5. The molecule has 36 heavy (non-hydrogen) atoms. The number of hydrogen-bond donors (Lipinski definition) is 4. The first-order valence-corrected chi connectivity index (χ1v) is 11.0. The maximum Gasteiger partial charge on any atom is 0.275 e. The van der Waals surface area contributed by atoms with Crippen molar-refractivity contribution in [1.29, 1.82) is 0 Å². The Morgan fingerprint density at radius 3 is 2.47 bits per heavy atom. The van der Waals surface area contributed by atoms with Crippen molar-refractivity contribution in [1.82, 2.24) is 25.4 Å². The molecule has 0 aliphatic carbocycles. The highest BCUT2D eigenvalue weighted by atomic mass is 19.3. The van der Waals surface area contributed by atoms with Gasteiger partial charge >= 0.3 is 0 Å². The van der Waals surface area contributed by atoms with Crippen LogP contribution in [-0.4, -0.2) is 51.5 Å². The first-order chi connectivity index (χ1) is 16.8. The first kappa shape index (κ1) is 28.5. The highest BCUT2D eigenvalue weighted by Gasteiger charge is 2.20. The van der Waals surface area contributed by atoms with Crippen molar-refractivity contribution in [3.05, 3.63) is 59.2 Å². The average Bonchev–Trinajstić information content (AvgIpc) is 3.23. The summed E-state index contributed by atoms with van der Waals surface area (Å²) in [6.45, 7) is 2.97. The molecule has 3 rings (SSSR count). The van der Waals surface area contributed by atoms with Crippen LogP contribution >= 0.6 is 0 Å². The van der Waals surface area contributed by atoms with Gasteiger partial charge in [-0.2, -0.15) is 10.2 Å². The van der Waals surface area contributed by atoms with Crippen LogP contribution in [0.1, 0.15) is 48.9 Å². The molecule has 2 amide bonds. The van der Waals surface area contributed by atoms with E-state index in [1.54, 1.807) is 36.3 Å². The fourth-order valence-electron chi connectivity index (χ4n) is 3.00. The summed E-state index contributed by atoms with van der Waals surface area (Å²) in [7, 11) is 1.73. The van der Waals surface area contributed by atoms with Gasteiger partial charge in [0.1, 0.15) is 24.4 Å². The van der Waals surface area contributed by atoms with E-state index >= 15 is 0 Å². The molecule has 1 aromatic heterocycles. The van der Waals surface area contributed by atoms with E-state index in [4.69, 9.17) is 11.5 Å². The molecule has 13 heteroatoms. The van der Waals surface area contributed by atoms with Gasteiger partial charge < -0.3 is 22.1 Å². The van der Waals surface area contributed by atoms with E-state index < -0.39 is 30.6 Å². The highest BCUT2D eigenvalue weighted by Crippen LogP contribution is 2.17. The second-order valence-corrected chi connectivity index (χ2v) is 8.41. The largest absolute Gasteiger partial charge is 0.350 e. The number of hydrazone groups is 1. The van der Waals surface area contributed by atoms with Crippen molar-refractivity contribution < 1.29 is 22.8 Å². The van der Waals surface area contributed by atoms with E-state index in [0.717, 1.165) is 25.1 Å². The monoisotopic (exact) mass is 508 g/mol. The molecule has 1 aliphatic rings. The molecule has 0 fully saturated rings. The topological polar surface area (TPSA) is 144 Å². The molecule has 0 unspecified atom stereocenters. The van der Waals surface area contributed by atoms with E-state index in [1.807, 2.05) is 13.0 Å². The molecule has 0 atom stereocenters. The highest BCUT2D eigenvalue weighted by molar-refractivity contribution is 5.94. The normalized spacial score (nSPS) is 13.4. The van der Waals surface area contributed by atoms with Gasteiger partial charge in [0.25, 0.3) is 11.8 Å². The zero-order valence-corrected chi connectivity index (χ0v) is 20.6. The predicted octanol–water partition coefficient (Wildman–Crippen LogP) is 2.15. The maximum atomic E-state index is 13.3. The number of aromatic nitrogens is 2. The zero-order valence-electron chi connectivity index (χ0n) is 20.6. The maximum absolute atomic E-state index is 13.3. The third-order valence-corrected chi connectivity index (χ3v) is 4.56. The average molecular weight is 509 g/mol. The lowest BCUT2D eigenvalue weighted by molar-refractivity contribution is -0.122. The van der Waals surface area contributed by atoms with E-state index in [1.165, 1.54) is 10.7 Å². The number of rotatable bonds is 7. The molecule has 0 saturated carbocycles. The number of nitrogens with two attached hydrogens (primary N) is 2. The Kier molecular flexibility index (Phi) is 9.76. The summed E-state index contributed by atoms with van der Waals surface area (Å²) in [5.41, 5.74) is 13.2. The third kappa shape index (κ3) is 8.82.